The normalized spacial score (nSPS) is 18.6. The van der Waals surface area contributed by atoms with Crippen LogP contribution < -0.4 is 10.0 Å². The number of aromatic nitrogens is 5. The molecule has 12 heteroatoms. The summed E-state index contributed by atoms with van der Waals surface area (Å²) in [7, 11) is 0. The van der Waals surface area contributed by atoms with E-state index in [1.807, 2.05) is 12.1 Å². The van der Waals surface area contributed by atoms with Crippen molar-refractivity contribution in [2.45, 2.75) is 30.6 Å². The Hall–Kier alpha value is -2.73. The van der Waals surface area contributed by atoms with Gasteiger partial charge in [-0.2, -0.15) is 5.10 Å². The number of anilines is 1. The Morgan fingerprint density at radius 1 is 1.26 bits per heavy atom. The molecule has 6 rings (SSSR count). The van der Waals surface area contributed by atoms with E-state index in [-0.39, 0.29) is 17.9 Å². The van der Waals surface area contributed by atoms with Crippen LogP contribution in [0.3, 0.4) is 0 Å². The van der Waals surface area contributed by atoms with Gasteiger partial charge in [-0.25, -0.2) is 19.5 Å². The first-order valence-electron chi connectivity index (χ1n) is 11.4. The number of nitrogens with zero attached hydrogens (tertiary/aromatic N) is 5. The number of carbonyl (C=O) groups is 1. The SMILES string of the molecule is O=C(NC(c1ccnc(NSC2CC2)n1)C1CCOC1)c1ncc(-c2cnn3ccc(Cl)cc23)s1. The molecule has 1 saturated heterocycles. The van der Waals surface area contributed by atoms with Gasteiger partial charge in [0.05, 0.1) is 34.9 Å². The standard InChI is InChI=1S/C23H22ClN7O2S2/c24-14-4-7-31-18(9-14)16(10-27-31)19-11-26-22(34-19)21(32)29-20(13-5-8-33-12-13)17-3-6-25-23(28-17)30-35-15-1-2-15/h3-4,6-7,9-11,13,15,20H,1-2,5,8,12H2,(H,29,32)(H,25,28,30). The van der Waals surface area contributed by atoms with Crippen molar-refractivity contribution in [1.82, 2.24) is 29.9 Å². The molecule has 1 saturated carbocycles. The molecule has 2 aliphatic rings. The predicted octanol–water partition coefficient (Wildman–Crippen LogP) is 4.63. The van der Waals surface area contributed by atoms with Crippen LogP contribution in [0.4, 0.5) is 5.95 Å². The fourth-order valence-corrected chi connectivity index (χ4v) is 5.76. The number of thiazole rings is 1. The highest BCUT2D eigenvalue weighted by Crippen LogP contribution is 2.35. The molecule has 1 aliphatic carbocycles. The van der Waals surface area contributed by atoms with Gasteiger partial charge in [0.1, 0.15) is 0 Å². The molecule has 2 fully saturated rings. The van der Waals surface area contributed by atoms with E-state index in [0.29, 0.717) is 34.4 Å². The molecule has 2 N–H and O–H groups in total. The van der Waals surface area contributed by atoms with E-state index in [9.17, 15) is 4.79 Å². The number of amides is 1. The zero-order valence-electron chi connectivity index (χ0n) is 18.6. The minimum Gasteiger partial charge on any atom is -0.381 e. The molecule has 2 unspecified atom stereocenters. The maximum absolute atomic E-state index is 13.3. The van der Waals surface area contributed by atoms with E-state index in [4.69, 9.17) is 21.3 Å². The molecule has 2 atom stereocenters. The first-order chi connectivity index (χ1) is 17.1. The second-order valence-corrected chi connectivity index (χ2v) is 11.1. The topological polar surface area (TPSA) is 106 Å². The highest BCUT2D eigenvalue weighted by atomic mass is 35.5. The van der Waals surface area contributed by atoms with E-state index < -0.39 is 0 Å². The number of hydrogen-bond acceptors (Lipinski definition) is 9. The molecule has 1 aliphatic heterocycles. The maximum atomic E-state index is 13.3. The molecule has 1 amide bonds. The van der Waals surface area contributed by atoms with E-state index >= 15 is 0 Å². The zero-order valence-corrected chi connectivity index (χ0v) is 20.9. The fourth-order valence-electron chi connectivity index (χ4n) is 4.02. The van der Waals surface area contributed by atoms with Crippen LogP contribution in [0.2, 0.25) is 5.02 Å². The van der Waals surface area contributed by atoms with Gasteiger partial charge in [0.25, 0.3) is 5.91 Å². The Labute approximate surface area is 214 Å². The molecular weight excluding hydrogens is 506 g/mol. The number of fused-ring (bicyclic) bond motifs is 1. The Kier molecular flexibility index (Phi) is 6.31. The minimum absolute atomic E-state index is 0.124. The van der Waals surface area contributed by atoms with Gasteiger partial charge in [0, 0.05) is 47.0 Å². The van der Waals surface area contributed by atoms with Crippen molar-refractivity contribution < 1.29 is 9.53 Å². The molecule has 4 aromatic rings. The minimum atomic E-state index is -0.303. The van der Waals surface area contributed by atoms with Gasteiger partial charge in [-0.15, -0.1) is 11.3 Å². The Bertz CT molecular complexity index is 1370. The fraction of sp³-hybridized carbons (Fsp3) is 0.348. The van der Waals surface area contributed by atoms with E-state index in [1.54, 1.807) is 47.3 Å². The molecule has 35 heavy (non-hydrogen) atoms. The van der Waals surface area contributed by atoms with Crippen LogP contribution in [0.1, 0.15) is 40.8 Å². The van der Waals surface area contributed by atoms with Gasteiger partial charge in [-0.1, -0.05) is 11.6 Å². The maximum Gasteiger partial charge on any atom is 0.280 e. The largest absolute Gasteiger partial charge is 0.381 e. The van der Waals surface area contributed by atoms with Crippen LogP contribution in [0.25, 0.3) is 16.0 Å². The second-order valence-electron chi connectivity index (χ2n) is 8.56. The Morgan fingerprint density at radius 2 is 2.17 bits per heavy atom. The van der Waals surface area contributed by atoms with Crippen LogP contribution in [-0.2, 0) is 4.74 Å². The lowest BCUT2D eigenvalue weighted by atomic mass is 9.96. The number of nitrogens with one attached hydrogen (secondary N) is 2. The van der Waals surface area contributed by atoms with Crippen LogP contribution in [0.15, 0.2) is 43.0 Å². The summed E-state index contributed by atoms with van der Waals surface area (Å²) in [6.45, 7) is 1.24. The highest BCUT2D eigenvalue weighted by Gasteiger charge is 2.31. The average molecular weight is 528 g/mol. The average Bonchev–Trinajstić information content (AvgIpc) is 3.24. The summed E-state index contributed by atoms with van der Waals surface area (Å²) >= 11 is 9.15. The van der Waals surface area contributed by atoms with Crippen LogP contribution in [0, 0.1) is 5.92 Å². The molecule has 0 spiro atoms. The quantitative estimate of drug-likeness (QED) is 0.319. The summed E-state index contributed by atoms with van der Waals surface area (Å²) in [5.74, 6) is 0.438. The highest BCUT2D eigenvalue weighted by molar-refractivity contribution is 8.01. The van der Waals surface area contributed by atoms with Crippen molar-refractivity contribution in [1.29, 1.82) is 0 Å². The first kappa shape index (κ1) is 22.7. The number of ether oxygens (including phenoxy) is 1. The van der Waals surface area contributed by atoms with Gasteiger partial charge < -0.3 is 10.1 Å². The number of carbonyl (C=O) groups excluding carboxylic acids is 1. The predicted molar refractivity (Wildman–Crippen MR) is 137 cm³/mol. The van der Waals surface area contributed by atoms with Crippen molar-refractivity contribution in [2.24, 2.45) is 5.92 Å². The molecule has 5 heterocycles. The Morgan fingerprint density at radius 3 is 3.00 bits per heavy atom. The summed E-state index contributed by atoms with van der Waals surface area (Å²) in [6.07, 6.45) is 10.3. The molecule has 0 bridgehead atoms. The van der Waals surface area contributed by atoms with E-state index in [1.165, 1.54) is 24.2 Å². The van der Waals surface area contributed by atoms with E-state index in [0.717, 1.165) is 28.1 Å². The molecule has 0 radical (unpaired) electrons. The molecule has 9 nitrogen and oxygen atoms in total. The van der Waals surface area contributed by atoms with Gasteiger partial charge >= 0.3 is 0 Å². The molecular formula is C23H22ClN7O2S2. The third-order valence-electron chi connectivity index (χ3n) is 6.01. The lowest BCUT2D eigenvalue weighted by molar-refractivity contribution is 0.0914. The van der Waals surface area contributed by atoms with E-state index in [2.05, 4.69) is 25.1 Å². The second kappa shape index (κ2) is 9.73. The smallest absolute Gasteiger partial charge is 0.280 e. The zero-order chi connectivity index (χ0) is 23.8. The van der Waals surface area contributed by atoms with Crippen LogP contribution in [-0.4, -0.2) is 48.9 Å². The van der Waals surface area contributed by atoms with Gasteiger partial charge in [-0.3, -0.25) is 9.52 Å². The van der Waals surface area contributed by atoms with Gasteiger partial charge in [-0.05, 0) is 49.4 Å². The lowest BCUT2D eigenvalue weighted by Gasteiger charge is -2.23. The number of rotatable bonds is 8. The van der Waals surface area contributed by atoms with Crippen molar-refractivity contribution in [2.75, 3.05) is 17.9 Å². The molecule has 0 aromatic carbocycles. The summed E-state index contributed by atoms with van der Waals surface area (Å²) in [5.41, 5.74) is 2.50. The third kappa shape index (κ3) is 4.99. The summed E-state index contributed by atoms with van der Waals surface area (Å²) in [5, 5.41) is 9.16. The van der Waals surface area contributed by atoms with Crippen molar-refractivity contribution in [3.05, 3.63) is 58.7 Å². The first-order valence-corrected chi connectivity index (χ1v) is 13.4. The van der Waals surface area contributed by atoms with Crippen LogP contribution in [0.5, 0.6) is 0 Å². The Balaban J connectivity index is 1.23. The molecule has 4 aromatic heterocycles. The summed E-state index contributed by atoms with van der Waals surface area (Å²) < 4.78 is 10.6. The monoisotopic (exact) mass is 527 g/mol. The van der Waals surface area contributed by atoms with Gasteiger partial charge in [0.15, 0.2) is 5.01 Å². The number of hydrogen-bond donors (Lipinski definition) is 2. The molecule has 180 valence electrons. The lowest BCUT2D eigenvalue weighted by Crippen LogP contribution is -2.34. The van der Waals surface area contributed by atoms with Crippen LogP contribution >= 0.6 is 34.9 Å². The summed E-state index contributed by atoms with van der Waals surface area (Å²) in [4.78, 5) is 27.6. The van der Waals surface area contributed by atoms with Crippen molar-refractivity contribution in [3.63, 3.8) is 0 Å². The van der Waals surface area contributed by atoms with Gasteiger partial charge in [0.2, 0.25) is 5.95 Å². The summed E-state index contributed by atoms with van der Waals surface area (Å²) in [6, 6.07) is 5.18. The number of halogens is 1. The number of pyridine rings is 1. The third-order valence-corrected chi connectivity index (χ3v) is 8.38. The van der Waals surface area contributed by atoms with Crippen molar-refractivity contribution in [3.8, 4) is 10.4 Å². The van der Waals surface area contributed by atoms with Crippen molar-refractivity contribution >= 4 is 52.3 Å².